The molecule has 4 nitrogen and oxygen atoms in total. The lowest BCUT2D eigenvalue weighted by Gasteiger charge is -2.16. The predicted molar refractivity (Wildman–Crippen MR) is 56.8 cm³/mol. The highest BCUT2D eigenvalue weighted by atomic mass is 35.5. The van der Waals surface area contributed by atoms with Crippen LogP contribution in [-0.2, 0) is 23.3 Å². The number of halogens is 7. The van der Waals surface area contributed by atoms with Crippen LogP contribution in [0.1, 0.15) is 16.8 Å². The van der Waals surface area contributed by atoms with Crippen molar-refractivity contribution in [1.82, 2.24) is 4.98 Å². The van der Waals surface area contributed by atoms with Gasteiger partial charge in [0.05, 0.1) is 6.42 Å². The first kappa shape index (κ1) is 17.3. The molecule has 0 amide bonds. The van der Waals surface area contributed by atoms with Crippen LogP contribution in [0.4, 0.5) is 26.3 Å². The molecule has 0 spiro atoms. The van der Waals surface area contributed by atoms with Crippen molar-refractivity contribution >= 4 is 17.6 Å². The highest BCUT2D eigenvalue weighted by Crippen LogP contribution is 2.35. The van der Waals surface area contributed by atoms with Crippen molar-refractivity contribution in [3.8, 4) is 5.88 Å². The maximum absolute atomic E-state index is 12.8. The van der Waals surface area contributed by atoms with Crippen molar-refractivity contribution in [1.29, 1.82) is 0 Å². The van der Waals surface area contributed by atoms with Crippen molar-refractivity contribution in [3.05, 3.63) is 22.9 Å². The molecule has 0 saturated heterocycles. The van der Waals surface area contributed by atoms with Gasteiger partial charge in [0.25, 0.3) is 0 Å². The Balaban J connectivity index is 3.46. The fourth-order valence-corrected chi connectivity index (χ4v) is 1.77. The minimum absolute atomic E-state index is 0.467. The maximum atomic E-state index is 12.8. The number of nitrogens with zero attached hydrogens (tertiary/aromatic N) is 1. The molecule has 1 rings (SSSR count). The molecule has 0 saturated carbocycles. The van der Waals surface area contributed by atoms with E-state index in [4.69, 9.17) is 16.7 Å². The second-order valence-corrected chi connectivity index (χ2v) is 3.96. The number of rotatable bonds is 4. The van der Waals surface area contributed by atoms with Crippen LogP contribution in [0, 0.1) is 0 Å². The van der Waals surface area contributed by atoms with Crippen LogP contribution in [0.5, 0.6) is 5.88 Å². The molecule has 0 radical (unpaired) electrons. The summed E-state index contributed by atoms with van der Waals surface area (Å²) >= 11 is 5.32. The van der Waals surface area contributed by atoms with Crippen LogP contribution in [0.2, 0.25) is 0 Å². The van der Waals surface area contributed by atoms with Crippen molar-refractivity contribution in [3.63, 3.8) is 0 Å². The van der Waals surface area contributed by atoms with Gasteiger partial charge in [-0.2, -0.15) is 13.2 Å². The number of hydrogen-bond acceptors (Lipinski definition) is 3. The van der Waals surface area contributed by atoms with Gasteiger partial charge >= 0.3 is 18.5 Å². The summed E-state index contributed by atoms with van der Waals surface area (Å²) in [5.74, 6) is -3.71. The smallest absolute Gasteiger partial charge is 0.481 e. The molecule has 1 aromatic rings. The Morgan fingerprint density at radius 3 is 2.24 bits per heavy atom. The Morgan fingerprint density at radius 1 is 1.29 bits per heavy atom. The molecule has 1 heterocycles. The van der Waals surface area contributed by atoms with Gasteiger partial charge in [0.15, 0.2) is 5.69 Å². The Bertz CT molecular complexity index is 543. The fourth-order valence-electron chi connectivity index (χ4n) is 1.47. The summed E-state index contributed by atoms with van der Waals surface area (Å²) in [7, 11) is 0. The number of pyridine rings is 1. The van der Waals surface area contributed by atoms with Crippen molar-refractivity contribution in [2.24, 2.45) is 0 Å². The van der Waals surface area contributed by atoms with Gasteiger partial charge in [-0.3, -0.25) is 4.79 Å². The van der Waals surface area contributed by atoms with Gasteiger partial charge in [0.1, 0.15) is 0 Å². The van der Waals surface area contributed by atoms with E-state index in [1.807, 2.05) is 0 Å². The van der Waals surface area contributed by atoms with E-state index < -0.39 is 53.5 Å². The molecule has 118 valence electrons. The van der Waals surface area contributed by atoms with Crippen LogP contribution < -0.4 is 4.74 Å². The van der Waals surface area contributed by atoms with Crippen molar-refractivity contribution in [2.45, 2.75) is 24.8 Å². The standard InChI is InChI=1S/C10H6ClF6NO3/c11-3-5-4(2-7(19)20)1-6(21-10(15,16)17)18-8(5)9(12,13)14/h1H,2-3H2,(H,19,20). The highest BCUT2D eigenvalue weighted by Gasteiger charge is 2.39. The summed E-state index contributed by atoms with van der Waals surface area (Å²) in [6.07, 6.45) is -11.3. The maximum Gasteiger partial charge on any atom is 0.574 e. The average molecular weight is 338 g/mol. The number of ether oxygens (including phenoxy) is 1. The van der Waals surface area contributed by atoms with Crippen LogP contribution >= 0.6 is 11.6 Å². The minimum atomic E-state index is -5.27. The summed E-state index contributed by atoms with van der Waals surface area (Å²) in [6.45, 7) is 0. The Labute approximate surface area is 118 Å². The monoisotopic (exact) mass is 337 g/mol. The van der Waals surface area contributed by atoms with E-state index in [9.17, 15) is 31.1 Å². The molecule has 11 heteroatoms. The Kier molecular flexibility index (Phi) is 4.92. The number of carbonyl (C=O) groups is 1. The molecule has 21 heavy (non-hydrogen) atoms. The molecule has 0 unspecified atom stereocenters. The molecule has 0 aliphatic rings. The SMILES string of the molecule is O=C(O)Cc1cc(OC(F)(F)F)nc(C(F)(F)F)c1CCl. The van der Waals surface area contributed by atoms with Gasteiger partial charge in [0, 0.05) is 17.5 Å². The molecule has 0 aliphatic heterocycles. The first-order valence-corrected chi connectivity index (χ1v) is 5.61. The highest BCUT2D eigenvalue weighted by molar-refractivity contribution is 6.17. The molecule has 0 aromatic carbocycles. The largest absolute Gasteiger partial charge is 0.574 e. The lowest BCUT2D eigenvalue weighted by Crippen LogP contribution is -2.21. The summed E-state index contributed by atoms with van der Waals surface area (Å²) < 4.78 is 77.8. The van der Waals surface area contributed by atoms with E-state index in [1.54, 1.807) is 0 Å². The number of alkyl halides is 7. The van der Waals surface area contributed by atoms with Crippen LogP contribution in [0.3, 0.4) is 0 Å². The van der Waals surface area contributed by atoms with Gasteiger partial charge in [-0.15, -0.1) is 24.8 Å². The normalized spacial score (nSPS) is 12.3. The van der Waals surface area contributed by atoms with Gasteiger partial charge in [0.2, 0.25) is 5.88 Å². The van der Waals surface area contributed by atoms with E-state index in [2.05, 4.69) is 9.72 Å². The number of aromatic nitrogens is 1. The van der Waals surface area contributed by atoms with Crippen LogP contribution in [-0.4, -0.2) is 22.4 Å². The van der Waals surface area contributed by atoms with Crippen LogP contribution in [0.15, 0.2) is 6.07 Å². The number of carboxylic acid groups (broad SMARTS) is 1. The second kappa shape index (κ2) is 5.96. The summed E-state index contributed by atoms with van der Waals surface area (Å²) in [5.41, 5.74) is -2.98. The molecule has 0 aliphatic carbocycles. The quantitative estimate of drug-likeness (QED) is 0.676. The summed E-state index contributed by atoms with van der Waals surface area (Å²) in [6, 6.07) is 0.467. The van der Waals surface area contributed by atoms with Crippen molar-refractivity contribution < 1.29 is 41.0 Å². The number of carboxylic acids is 1. The molecule has 0 fully saturated rings. The zero-order valence-corrected chi connectivity index (χ0v) is 10.6. The molecular formula is C10H6ClF6NO3. The third-order valence-electron chi connectivity index (χ3n) is 2.16. The lowest BCUT2D eigenvalue weighted by molar-refractivity contribution is -0.276. The van der Waals surface area contributed by atoms with Crippen molar-refractivity contribution in [2.75, 3.05) is 0 Å². The fraction of sp³-hybridized carbons (Fsp3) is 0.400. The van der Waals surface area contributed by atoms with E-state index in [0.717, 1.165) is 0 Å². The first-order chi connectivity index (χ1) is 9.44. The third kappa shape index (κ3) is 4.96. The first-order valence-electron chi connectivity index (χ1n) is 5.07. The van der Waals surface area contributed by atoms with Gasteiger partial charge < -0.3 is 9.84 Å². The molecule has 0 atom stereocenters. The van der Waals surface area contributed by atoms with E-state index in [-0.39, 0.29) is 0 Å². The summed E-state index contributed by atoms with van der Waals surface area (Å²) in [5, 5.41) is 8.60. The predicted octanol–water partition coefficient (Wildman–Crippen LogP) is 3.36. The van der Waals surface area contributed by atoms with Gasteiger partial charge in [-0.25, -0.2) is 4.98 Å². The van der Waals surface area contributed by atoms with Crippen LogP contribution in [0.25, 0.3) is 0 Å². The zero-order valence-electron chi connectivity index (χ0n) is 9.85. The molecule has 1 N–H and O–H groups in total. The second-order valence-electron chi connectivity index (χ2n) is 3.70. The van der Waals surface area contributed by atoms with Gasteiger partial charge in [-0.1, -0.05) is 0 Å². The van der Waals surface area contributed by atoms with E-state index >= 15 is 0 Å². The topological polar surface area (TPSA) is 59.4 Å². The Morgan fingerprint density at radius 2 is 1.86 bits per heavy atom. The molecular weight excluding hydrogens is 332 g/mol. The van der Waals surface area contributed by atoms with E-state index in [1.165, 1.54) is 0 Å². The lowest BCUT2D eigenvalue weighted by atomic mass is 10.0. The van der Waals surface area contributed by atoms with Gasteiger partial charge in [-0.05, 0) is 5.56 Å². The zero-order chi connectivity index (χ0) is 16.4. The summed E-state index contributed by atoms with van der Waals surface area (Å²) in [4.78, 5) is 13.3. The Hall–Kier alpha value is -1.71. The molecule has 1 aromatic heterocycles. The number of aliphatic carboxylic acids is 1. The minimum Gasteiger partial charge on any atom is -0.481 e. The number of hydrogen-bond donors (Lipinski definition) is 1. The third-order valence-corrected chi connectivity index (χ3v) is 2.42. The average Bonchev–Trinajstić information content (AvgIpc) is 2.23. The van der Waals surface area contributed by atoms with E-state index in [0.29, 0.717) is 6.07 Å². The molecule has 0 bridgehead atoms.